The van der Waals surface area contributed by atoms with E-state index in [-0.39, 0.29) is 10.9 Å². The van der Waals surface area contributed by atoms with Crippen LogP contribution in [0, 0.1) is 5.82 Å². The Bertz CT molecular complexity index is 478. The molecule has 0 amide bonds. The number of aldehydes is 1. The Labute approximate surface area is 78.3 Å². The highest BCUT2D eigenvalue weighted by atomic mass is 35.5. The SMILES string of the molecule is O=Cc1c[nH]c2c(Cl)ccc(F)c12. The predicted molar refractivity (Wildman–Crippen MR) is 48.7 cm³/mol. The molecular weight excluding hydrogens is 193 g/mol. The topological polar surface area (TPSA) is 32.9 Å². The van der Waals surface area contributed by atoms with Crippen LogP contribution in [0.1, 0.15) is 10.4 Å². The largest absolute Gasteiger partial charge is 0.359 e. The Morgan fingerprint density at radius 1 is 1.46 bits per heavy atom. The second-order valence-corrected chi connectivity index (χ2v) is 3.05. The lowest BCUT2D eigenvalue weighted by Gasteiger charge is -1.95. The fourth-order valence-corrected chi connectivity index (χ4v) is 1.50. The Kier molecular flexibility index (Phi) is 1.81. The number of nitrogens with one attached hydrogen (secondary N) is 1. The molecule has 1 N–H and O–H groups in total. The van der Waals surface area contributed by atoms with Crippen molar-refractivity contribution < 1.29 is 9.18 Å². The van der Waals surface area contributed by atoms with Crippen LogP contribution < -0.4 is 0 Å². The van der Waals surface area contributed by atoms with Crippen LogP contribution in [0.4, 0.5) is 4.39 Å². The minimum Gasteiger partial charge on any atom is -0.359 e. The Balaban J connectivity index is 2.95. The molecule has 2 nitrogen and oxygen atoms in total. The average molecular weight is 198 g/mol. The second kappa shape index (κ2) is 2.85. The molecule has 0 atom stereocenters. The maximum atomic E-state index is 13.2. The van der Waals surface area contributed by atoms with Crippen LogP contribution in [0.5, 0.6) is 0 Å². The molecule has 0 bridgehead atoms. The quantitative estimate of drug-likeness (QED) is 0.701. The molecule has 2 aromatic rings. The van der Waals surface area contributed by atoms with E-state index < -0.39 is 5.82 Å². The fraction of sp³-hybridized carbons (Fsp3) is 0. The zero-order valence-electron chi connectivity index (χ0n) is 6.47. The van der Waals surface area contributed by atoms with Crippen molar-refractivity contribution in [2.24, 2.45) is 0 Å². The van der Waals surface area contributed by atoms with Gasteiger partial charge in [-0.05, 0) is 12.1 Å². The maximum absolute atomic E-state index is 13.2. The van der Waals surface area contributed by atoms with E-state index in [2.05, 4.69) is 4.98 Å². The molecule has 0 saturated carbocycles. The first-order chi connectivity index (χ1) is 6.24. The number of aromatic nitrogens is 1. The van der Waals surface area contributed by atoms with E-state index in [1.54, 1.807) is 0 Å². The van der Waals surface area contributed by atoms with Crippen molar-refractivity contribution in [1.82, 2.24) is 4.98 Å². The number of hydrogen-bond acceptors (Lipinski definition) is 1. The van der Waals surface area contributed by atoms with Gasteiger partial charge in [-0.25, -0.2) is 4.39 Å². The summed E-state index contributed by atoms with van der Waals surface area (Å²) in [5.74, 6) is -0.442. The summed E-state index contributed by atoms with van der Waals surface area (Å²) < 4.78 is 13.2. The summed E-state index contributed by atoms with van der Waals surface area (Å²) in [6, 6.07) is 2.69. The van der Waals surface area contributed by atoms with Crippen molar-refractivity contribution in [2.45, 2.75) is 0 Å². The number of halogens is 2. The fourth-order valence-electron chi connectivity index (χ4n) is 1.29. The highest BCUT2D eigenvalue weighted by Crippen LogP contribution is 2.26. The van der Waals surface area contributed by atoms with Gasteiger partial charge in [-0.15, -0.1) is 0 Å². The number of benzene rings is 1. The molecule has 13 heavy (non-hydrogen) atoms. The Hall–Kier alpha value is -1.35. The Morgan fingerprint density at radius 3 is 2.92 bits per heavy atom. The van der Waals surface area contributed by atoms with Crippen LogP contribution >= 0.6 is 11.6 Å². The van der Waals surface area contributed by atoms with Gasteiger partial charge in [-0.1, -0.05) is 11.6 Å². The Morgan fingerprint density at radius 2 is 2.23 bits per heavy atom. The molecule has 0 spiro atoms. The molecule has 1 heterocycles. The molecule has 0 saturated heterocycles. The second-order valence-electron chi connectivity index (χ2n) is 2.64. The standard InChI is InChI=1S/C9H5ClFNO/c10-6-1-2-7(11)8-5(4-13)3-12-9(6)8/h1-4,12H. The van der Waals surface area contributed by atoms with Crippen LogP contribution in [-0.4, -0.2) is 11.3 Å². The number of carbonyl (C=O) groups is 1. The van der Waals surface area contributed by atoms with E-state index in [4.69, 9.17) is 11.6 Å². The first kappa shape index (κ1) is 8.26. The molecule has 66 valence electrons. The lowest BCUT2D eigenvalue weighted by Crippen LogP contribution is -1.81. The summed E-state index contributed by atoms with van der Waals surface area (Å²) in [5.41, 5.74) is 0.749. The molecule has 4 heteroatoms. The highest BCUT2D eigenvalue weighted by molar-refractivity contribution is 6.35. The van der Waals surface area contributed by atoms with Gasteiger partial charge in [0.15, 0.2) is 6.29 Å². The van der Waals surface area contributed by atoms with Crippen LogP contribution in [0.3, 0.4) is 0 Å². The van der Waals surface area contributed by atoms with Gasteiger partial charge < -0.3 is 4.98 Å². The molecule has 0 aliphatic carbocycles. The summed E-state index contributed by atoms with van der Waals surface area (Å²) in [4.78, 5) is 13.3. The molecule has 2 rings (SSSR count). The van der Waals surface area contributed by atoms with Crippen LogP contribution in [0.2, 0.25) is 5.02 Å². The average Bonchev–Trinajstić information content (AvgIpc) is 2.56. The van der Waals surface area contributed by atoms with Crippen molar-refractivity contribution in [3.05, 3.63) is 34.7 Å². The lowest BCUT2D eigenvalue weighted by atomic mass is 10.2. The number of H-pyrrole nitrogens is 1. The summed E-state index contributed by atoms with van der Waals surface area (Å²) >= 11 is 5.79. The van der Waals surface area contributed by atoms with Crippen molar-refractivity contribution in [3.8, 4) is 0 Å². The molecule has 0 aliphatic rings. The van der Waals surface area contributed by atoms with E-state index in [1.807, 2.05) is 0 Å². The summed E-state index contributed by atoms with van der Waals surface area (Å²) in [5, 5.41) is 0.659. The van der Waals surface area contributed by atoms with E-state index >= 15 is 0 Å². The first-order valence-corrected chi connectivity index (χ1v) is 4.02. The van der Waals surface area contributed by atoms with Gasteiger partial charge in [-0.3, -0.25) is 4.79 Å². The molecule has 0 radical (unpaired) electrons. The molecule has 0 aliphatic heterocycles. The van der Waals surface area contributed by atoms with Gasteiger partial charge in [0, 0.05) is 17.1 Å². The summed E-state index contributed by atoms with van der Waals surface area (Å²) in [6.07, 6.45) is 2.03. The minimum absolute atomic E-state index is 0.252. The zero-order valence-corrected chi connectivity index (χ0v) is 7.23. The zero-order chi connectivity index (χ0) is 9.42. The minimum atomic E-state index is -0.442. The van der Waals surface area contributed by atoms with Gasteiger partial charge in [0.25, 0.3) is 0 Å². The molecule has 0 fully saturated rings. The van der Waals surface area contributed by atoms with Gasteiger partial charge in [0.05, 0.1) is 10.5 Å². The normalized spacial score (nSPS) is 10.6. The third-order valence-electron chi connectivity index (χ3n) is 1.89. The van der Waals surface area contributed by atoms with Crippen molar-refractivity contribution >= 4 is 28.8 Å². The lowest BCUT2D eigenvalue weighted by molar-refractivity contribution is 0.112. The van der Waals surface area contributed by atoms with Gasteiger partial charge in [0.1, 0.15) is 5.82 Å². The summed E-state index contributed by atoms with van der Waals surface area (Å²) in [6.45, 7) is 0. The monoisotopic (exact) mass is 197 g/mol. The highest BCUT2D eigenvalue weighted by Gasteiger charge is 2.10. The molecule has 0 unspecified atom stereocenters. The number of carbonyl (C=O) groups excluding carboxylic acids is 1. The van der Waals surface area contributed by atoms with Crippen molar-refractivity contribution in [2.75, 3.05) is 0 Å². The van der Waals surface area contributed by atoms with Crippen LogP contribution in [0.25, 0.3) is 10.9 Å². The van der Waals surface area contributed by atoms with E-state index in [9.17, 15) is 9.18 Å². The first-order valence-electron chi connectivity index (χ1n) is 3.64. The third-order valence-corrected chi connectivity index (χ3v) is 2.21. The number of rotatable bonds is 1. The van der Waals surface area contributed by atoms with Gasteiger partial charge >= 0.3 is 0 Å². The number of aromatic amines is 1. The van der Waals surface area contributed by atoms with E-state index in [0.29, 0.717) is 16.8 Å². The van der Waals surface area contributed by atoms with Crippen LogP contribution in [-0.2, 0) is 0 Å². The summed E-state index contributed by atoms with van der Waals surface area (Å²) in [7, 11) is 0. The number of fused-ring (bicyclic) bond motifs is 1. The maximum Gasteiger partial charge on any atom is 0.152 e. The third kappa shape index (κ3) is 1.12. The number of hydrogen-bond donors (Lipinski definition) is 1. The van der Waals surface area contributed by atoms with Crippen molar-refractivity contribution in [3.63, 3.8) is 0 Å². The predicted octanol–water partition coefficient (Wildman–Crippen LogP) is 2.77. The molecule has 1 aromatic carbocycles. The molecule has 1 aromatic heterocycles. The van der Waals surface area contributed by atoms with E-state index in [1.165, 1.54) is 18.3 Å². The molecular formula is C9H5ClFNO. The van der Waals surface area contributed by atoms with E-state index in [0.717, 1.165) is 0 Å². The van der Waals surface area contributed by atoms with Gasteiger partial charge in [-0.2, -0.15) is 0 Å². The smallest absolute Gasteiger partial charge is 0.152 e. The van der Waals surface area contributed by atoms with Gasteiger partial charge in [0.2, 0.25) is 0 Å². The van der Waals surface area contributed by atoms with Crippen molar-refractivity contribution in [1.29, 1.82) is 0 Å². The van der Waals surface area contributed by atoms with Crippen LogP contribution in [0.15, 0.2) is 18.3 Å².